The largest absolute Gasteiger partial charge is 0.508 e. The quantitative estimate of drug-likeness (QED) is 0.927. The van der Waals surface area contributed by atoms with Gasteiger partial charge in [0.2, 0.25) is 0 Å². The predicted molar refractivity (Wildman–Crippen MR) is 85.2 cm³/mol. The lowest BCUT2D eigenvalue weighted by atomic mass is 9.86. The number of hydrogen-bond acceptors (Lipinski definition) is 3. The molecule has 3 nitrogen and oxygen atoms in total. The molecule has 0 aromatic heterocycles. The van der Waals surface area contributed by atoms with Crippen LogP contribution in [-0.2, 0) is 6.42 Å². The van der Waals surface area contributed by atoms with Gasteiger partial charge in [-0.05, 0) is 60.7 Å². The van der Waals surface area contributed by atoms with E-state index in [4.69, 9.17) is 4.74 Å². The first kappa shape index (κ1) is 13.8. The van der Waals surface area contributed by atoms with Gasteiger partial charge in [0.15, 0.2) is 0 Å². The molecule has 0 bridgehead atoms. The van der Waals surface area contributed by atoms with Crippen molar-refractivity contribution >= 4 is 5.69 Å². The van der Waals surface area contributed by atoms with E-state index in [0.29, 0.717) is 11.8 Å². The number of phenolic OH excluding ortho intramolecular Hbond substituents is 1. The number of hydrogen-bond donors (Lipinski definition) is 1. The maximum absolute atomic E-state index is 10.1. The highest BCUT2D eigenvalue weighted by molar-refractivity contribution is 5.53. The van der Waals surface area contributed by atoms with Gasteiger partial charge in [0, 0.05) is 12.7 Å². The summed E-state index contributed by atoms with van der Waals surface area (Å²) < 4.78 is 5.21. The molecule has 1 atom stereocenters. The number of phenols is 1. The van der Waals surface area contributed by atoms with Gasteiger partial charge in [0.05, 0.1) is 13.2 Å². The number of anilines is 1. The van der Waals surface area contributed by atoms with Crippen molar-refractivity contribution in [2.75, 3.05) is 19.1 Å². The summed E-state index contributed by atoms with van der Waals surface area (Å²) in [4.78, 5) is 2.29. The molecule has 1 aliphatic rings. The van der Waals surface area contributed by atoms with Crippen LogP contribution in [0.4, 0.5) is 5.69 Å². The molecule has 2 aromatic rings. The van der Waals surface area contributed by atoms with Crippen LogP contribution in [0, 0.1) is 0 Å². The van der Waals surface area contributed by atoms with E-state index >= 15 is 0 Å². The monoisotopic (exact) mass is 283 g/mol. The summed E-state index contributed by atoms with van der Waals surface area (Å²) in [6.45, 7) is 0. The van der Waals surface area contributed by atoms with Gasteiger partial charge in [-0.3, -0.25) is 0 Å². The Bertz CT molecular complexity index is 622. The summed E-state index contributed by atoms with van der Waals surface area (Å²) in [6, 6.07) is 14.3. The number of rotatable bonds is 3. The second kappa shape index (κ2) is 5.68. The molecule has 1 unspecified atom stereocenters. The summed E-state index contributed by atoms with van der Waals surface area (Å²) in [5, 5.41) is 10.1. The summed E-state index contributed by atoms with van der Waals surface area (Å²) in [6.07, 6.45) is 3.18. The maximum atomic E-state index is 10.1. The Morgan fingerprint density at radius 2 is 1.90 bits per heavy atom. The van der Waals surface area contributed by atoms with Crippen molar-refractivity contribution in [1.82, 2.24) is 0 Å². The minimum Gasteiger partial charge on any atom is -0.508 e. The minimum absolute atomic E-state index is 0.314. The molecule has 0 spiro atoms. The predicted octanol–water partition coefficient (Wildman–Crippen LogP) is 3.91. The SMILES string of the molecule is COc1ccc(N(C)C2CCCc3c(O)cccc32)cc1. The van der Waals surface area contributed by atoms with Crippen LogP contribution in [0.5, 0.6) is 11.5 Å². The van der Waals surface area contributed by atoms with Gasteiger partial charge in [-0.25, -0.2) is 0 Å². The zero-order chi connectivity index (χ0) is 14.8. The van der Waals surface area contributed by atoms with Crippen molar-refractivity contribution in [3.05, 3.63) is 53.6 Å². The van der Waals surface area contributed by atoms with E-state index < -0.39 is 0 Å². The molecule has 2 aromatic carbocycles. The Morgan fingerprint density at radius 1 is 1.14 bits per heavy atom. The lowest BCUT2D eigenvalue weighted by Gasteiger charge is -2.35. The van der Waals surface area contributed by atoms with Gasteiger partial charge in [-0.2, -0.15) is 0 Å². The Kier molecular flexibility index (Phi) is 3.74. The van der Waals surface area contributed by atoms with E-state index in [0.717, 1.165) is 36.3 Å². The second-order valence-corrected chi connectivity index (χ2v) is 5.56. The van der Waals surface area contributed by atoms with Crippen LogP contribution in [0.25, 0.3) is 0 Å². The zero-order valence-electron chi connectivity index (χ0n) is 12.5. The van der Waals surface area contributed by atoms with Crippen LogP contribution in [0.2, 0.25) is 0 Å². The van der Waals surface area contributed by atoms with Crippen molar-refractivity contribution in [2.45, 2.75) is 25.3 Å². The number of fused-ring (bicyclic) bond motifs is 1. The first-order valence-corrected chi connectivity index (χ1v) is 7.38. The highest BCUT2D eigenvalue weighted by Gasteiger charge is 2.25. The first-order chi connectivity index (χ1) is 10.2. The number of ether oxygens (including phenoxy) is 1. The summed E-state index contributed by atoms with van der Waals surface area (Å²) in [7, 11) is 3.80. The molecule has 21 heavy (non-hydrogen) atoms. The lowest BCUT2D eigenvalue weighted by Crippen LogP contribution is -2.27. The second-order valence-electron chi connectivity index (χ2n) is 5.56. The van der Waals surface area contributed by atoms with Crippen molar-refractivity contribution in [3.8, 4) is 11.5 Å². The molecule has 1 aliphatic carbocycles. The van der Waals surface area contributed by atoms with Gasteiger partial charge >= 0.3 is 0 Å². The molecular formula is C18H21NO2. The fourth-order valence-corrected chi connectivity index (χ4v) is 3.20. The van der Waals surface area contributed by atoms with Crippen molar-refractivity contribution < 1.29 is 9.84 Å². The lowest BCUT2D eigenvalue weighted by molar-refractivity contribution is 0.414. The van der Waals surface area contributed by atoms with Gasteiger partial charge < -0.3 is 14.7 Å². The van der Waals surface area contributed by atoms with Crippen LogP contribution in [0.3, 0.4) is 0 Å². The fraction of sp³-hybridized carbons (Fsp3) is 0.333. The fourth-order valence-electron chi connectivity index (χ4n) is 3.20. The highest BCUT2D eigenvalue weighted by atomic mass is 16.5. The van der Waals surface area contributed by atoms with Gasteiger partial charge in [-0.1, -0.05) is 12.1 Å². The molecule has 0 amide bonds. The smallest absolute Gasteiger partial charge is 0.119 e. The van der Waals surface area contributed by atoms with Crippen molar-refractivity contribution in [1.29, 1.82) is 0 Å². The van der Waals surface area contributed by atoms with E-state index in [2.05, 4.69) is 30.1 Å². The molecule has 110 valence electrons. The molecule has 0 radical (unpaired) electrons. The summed E-state index contributed by atoms with van der Waals surface area (Å²) in [5.41, 5.74) is 3.52. The topological polar surface area (TPSA) is 32.7 Å². The van der Waals surface area contributed by atoms with Crippen LogP contribution in [0.15, 0.2) is 42.5 Å². The maximum Gasteiger partial charge on any atom is 0.119 e. The standard InChI is InChI=1S/C18H21NO2/c1-19(13-9-11-14(21-2)12-10-13)17-7-3-6-16-15(17)5-4-8-18(16)20/h4-5,8-12,17,20H,3,6-7H2,1-2H3. The zero-order valence-corrected chi connectivity index (χ0v) is 12.5. The molecule has 0 saturated carbocycles. The molecule has 0 aliphatic heterocycles. The Labute approximate surface area is 125 Å². The molecular weight excluding hydrogens is 262 g/mol. The Morgan fingerprint density at radius 3 is 2.62 bits per heavy atom. The third kappa shape index (κ3) is 2.56. The first-order valence-electron chi connectivity index (χ1n) is 7.38. The van der Waals surface area contributed by atoms with E-state index in [-0.39, 0.29) is 0 Å². The van der Waals surface area contributed by atoms with E-state index in [1.807, 2.05) is 18.2 Å². The van der Waals surface area contributed by atoms with Crippen molar-refractivity contribution in [3.63, 3.8) is 0 Å². The van der Waals surface area contributed by atoms with E-state index in [1.165, 1.54) is 5.56 Å². The van der Waals surface area contributed by atoms with Crippen LogP contribution < -0.4 is 9.64 Å². The van der Waals surface area contributed by atoms with E-state index in [9.17, 15) is 5.11 Å². The molecule has 1 N–H and O–H groups in total. The number of benzene rings is 2. The average molecular weight is 283 g/mol. The minimum atomic E-state index is 0.314. The average Bonchev–Trinajstić information content (AvgIpc) is 2.54. The van der Waals surface area contributed by atoms with Gasteiger partial charge in [-0.15, -0.1) is 0 Å². The number of nitrogens with zero attached hydrogens (tertiary/aromatic N) is 1. The van der Waals surface area contributed by atoms with E-state index in [1.54, 1.807) is 13.2 Å². The summed E-state index contributed by atoms with van der Waals surface area (Å²) >= 11 is 0. The highest BCUT2D eigenvalue weighted by Crippen LogP contribution is 2.39. The van der Waals surface area contributed by atoms with Gasteiger partial charge in [0.25, 0.3) is 0 Å². The van der Waals surface area contributed by atoms with Crippen molar-refractivity contribution in [2.24, 2.45) is 0 Å². The number of methoxy groups -OCH3 is 1. The van der Waals surface area contributed by atoms with Gasteiger partial charge in [0.1, 0.15) is 11.5 Å². The van der Waals surface area contributed by atoms with Crippen LogP contribution in [0.1, 0.15) is 30.0 Å². The number of aromatic hydroxyl groups is 1. The Balaban J connectivity index is 1.92. The van der Waals surface area contributed by atoms with Crippen LogP contribution in [-0.4, -0.2) is 19.3 Å². The molecule has 0 fully saturated rings. The molecule has 0 heterocycles. The third-order valence-electron chi connectivity index (χ3n) is 4.40. The summed E-state index contributed by atoms with van der Waals surface area (Å²) in [5.74, 6) is 1.30. The molecule has 0 saturated heterocycles. The Hall–Kier alpha value is -2.16. The molecule has 3 rings (SSSR count). The van der Waals surface area contributed by atoms with Crippen LogP contribution >= 0.6 is 0 Å². The molecule has 3 heteroatoms. The normalized spacial score (nSPS) is 17.1. The third-order valence-corrected chi connectivity index (χ3v) is 4.40.